The zero-order chi connectivity index (χ0) is 21.9. The third-order valence-electron chi connectivity index (χ3n) is 6.35. The number of likely N-dealkylation sites (tertiary alicyclic amines) is 1. The monoisotopic (exact) mass is 431 g/mol. The SMILES string of the molecule is O=C(Cc1cccc(F)c1)N1CCCC(Cn2ncc3cc(-c4cn[nH]c4)ccc32)CC1. The summed E-state index contributed by atoms with van der Waals surface area (Å²) in [6.45, 7) is 2.35. The average Bonchev–Trinajstić information content (AvgIpc) is 3.40. The predicted molar refractivity (Wildman–Crippen MR) is 121 cm³/mol. The van der Waals surface area contributed by atoms with Crippen molar-refractivity contribution in [2.75, 3.05) is 13.1 Å². The van der Waals surface area contributed by atoms with Crippen LogP contribution in [0.25, 0.3) is 22.0 Å². The third-order valence-corrected chi connectivity index (χ3v) is 6.35. The molecule has 1 atom stereocenters. The first-order valence-electron chi connectivity index (χ1n) is 11.1. The van der Waals surface area contributed by atoms with Crippen molar-refractivity contribution >= 4 is 16.8 Å². The first-order chi connectivity index (χ1) is 15.7. The van der Waals surface area contributed by atoms with Crippen molar-refractivity contribution in [2.45, 2.75) is 32.2 Å². The molecule has 5 rings (SSSR count). The highest BCUT2D eigenvalue weighted by atomic mass is 19.1. The average molecular weight is 432 g/mol. The number of aromatic nitrogens is 4. The lowest BCUT2D eigenvalue weighted by Crippen LogP contribution is -2.33. The smallest absolute Gasteiger partial charge is 0.226 e. The van der Waals surface area contributed by atoms with E-state index in [0.29, 0.717) is 5.92 Å². The maximum Gasteiger partial charge on any atom is 0.226 e. The summed E-state index contributed by atoms with van der Waals surface area (Å²) in [4.78, 5) is 14.7. The van der Waals surface area contributed by atoms with Crippen LogP contribution in [-0.2, 0) is 17.8 Å². The second-order valence-electron chi connectivity index (χ2n) is 8.57. The molecule has 2 aromatic carbocycles. The van der Waals surface area contributed by atoms with Gasteiger partial charge >= 0.3 is 0 Å². The van der Waals surface area contributed by atoms with Gasteiger partial charge in [0, 0.05) is 36.8 Å². The maximum atomic E-state index is 13.4. The summed E-state index contributed by atoms with van der Waals surface area (Å²) < 4.78 is 15.5. The Morgan fingerprint density at radius 2 is 2.03 bits per heavy atom. The molecule has 1 N–H and O–H groups in total. The zero-order valence-corrected chi connectivity index (χ0v) is 17.9. The lowest BCUT2D eigenvalue weighted by molar-refractivity contribution is -0.130. The molecule has 32 heavy (non-hydrogen) atoms. The molecule has 6 nitrogen and oxygen atoms in total. The molecule has 1 unspecified atom stereocenters. The van der Waals surface area contributed by atoms with Gasteiger partial charge in [-0.05, 0) is 60.6 Å². The van der Waals surface area contributed by atoms with E-state index in [9.17, 15) is 9.18 Å². The van der Waals surface area contributed by atoms with E-state index in [4.69, 9.17) is 0 Å². The summed E-state index contributed by atoms with van der Waals surface area (Å²) in [5.74, 6) is 0.251. The highest BCUT2D eigenvalue weighted by molar-refractivity contribution is 5.84. The van der Waals surface area contributed by atoms with Crippen molar-refractivity contribution in [3.63, 3.8) is 0 Å². The molecule has 0 radical (unpaired) electrons. The molecule has 3 heterocycles. The van der Waals surface area contributed by atoms with Crippen molar-refractivity contribution in [2.24, 2.45) is 5.92 Å². The van der Waals surface area contributed by atoms with E-state index in [1.54, 1.807) is 6.07 Å². The van der Waals surface area contributed by atoms with E-state index in [-0.39, 0.29) is 18.1 Å². The van der Waals surface area contributed by atoms with E-state index in [1.165, 1.54) is 12.1 Å². The first-order valence-corrected chi connectivity index (χ1v) is 11.1. The number of carbonyl (C=O) groups excluding carboxylic acids is 1. The Morgan fingerprint density at radius 3 is 2.88 bits per heavy atom. The molecule has 2 aromatic heterocycles. The normalized spacial score (nSPS) is 16.9. The minimum atomic E-state index is -0.297. The Labute approximate surface area is 186 Å². The first kappa shape index (κ1) is 20.4. The summed E-state index contributed by atoms with van der Waals surface area (Å²) in [5.41, 5.74) is 4.04. The number of nitrogens with one attached hydrogen (secondary N) is 1. The number of halogens is 1. The van der Waals surface area contributed by atoms with E-state index in [1.807, 2.05) is 29.6 Å². The zero-order valence-electron chi connectivity index (χ0n) is 17.9. The largest absolute Gasteiger partial charge is 0.342 e. The van der Waals surface area contributed by atoms with Gasteiger partial charge in [0.1, 0.15) is 5.82 Å². The van der Waals surface area contributed by atoms with Crippen LogP contribution in [0.5, 0.6) is 0 Å². The number of rotatable bonds is 5. The van der Waals surface area contributed by atoms with Gasteiger partial charge in [-0.3, -0.25) is 14.6 Å². The van der Waals surface area contributed by atoms with Crippen molar-refractivity contribution in [3.8, 4) is 11.1 Å². The number of nitrogens with zero attached hydrogens (tertiary/aromatic N) is 4. The van der Waals surface area contributed by atoms with E-state index < -0.39 is 0 Å². The second-order valence-corrected chi connectivity index (χ2v) is 8.57. The number of carbonyl (C=O) groups is 1. The number of H-pyrrole nitrogens is 1. The van der Waals surface area contributed by atoms with Gasteiger partial charge in [0.2, 0.25) is 5.91 Å². The minimum absolute atomic E-state index is 0.0764. The van der Waals surface area contributed by atoms with Gasteiger partial charge in [-0.25, -0.2) is 4.39 Å². The molecule has 0 bridgehead atoms. The van der Waals surface area contributed by atoms with Gasteiger partial charge in [-0.1, -0.05) is 18.2 Å². The van der Waals surface area contributed by atoms with Crippen LogP contribution in [0.2, 0.25) is 0 Å². The minimum Gasteiger partial charge on any atom is -0.342 e. The van der Waals surface area contributed by atoms with Gasteiger partial charge in [-0.15, -0.1) is 0 Å². The summed E-state index contributed by atoms with van der Waals surface area (Å²) in [6.07, 6.45) is 8.87. The molecular weight excluding hydrogens is 405 g/mol. The third kappa shape index (κ3) is 4.42. The van der Waals surface area contributed by atoms with Crippen LogP contribution in [0, 0.1) is 11.7 Å². The summed E-state index contributed by atoms with van der Waals surface area (Å²) in [7, 11) is 0. The van der Waals surface area contributed by atoms with Crippen LogP contribution in [-0.4, -0.2) is 43.9 Å². The molecule has 1 saturated heterocycles. The van der Waals surface area contributed by atoms with Crippen molar-refractivity contribution in [1.29, 1.82) is 0 Å². The van der Waals surface area contributed by atoms with Gasteiger partial charge in [0.15, 0.2) is 0 Å². The summed E-state index contributed by atoms with van der Waals surface area (Å²) in [6, 6.07) is 12.7. The quantitative estimate of drug-likeness (QED) is 0.508. The lowest BCUT2D eigenvalue weighted by Gasteiger charge is -2.21. The number of aromatic amines is 1. The number of hydrogen-bond donors (Lipinski definition) is 1. The molecule has 1 aliphatic heterocycles. The van der Waals surface area contributed by atoms with Crippen LogP contribution >= 0.6 is 0 Å². The fourth-order valence-corrected chi connectivity index (χ4v) is 4.60. The number of benzene rings is 2. The molecule has 1 aliphatic rings. The van der Waals surface area contributed by atoms with Gasteiger partial charge in [0.25, 0.3) is 0 Å². The van der Waals surface area contributed by atoms with Crippen LogP contribution in [0.3, 0.4) is 0 Å². The second kappa shape index (κ2) is 8.94. The van der Waals surface area contributed by atoms with E-state index in [0.717, 1.165) is 66.5 Å². The molecule has 1 amide bonds. The highest BCUT2D eigenvalue weighted by Gasteiger charge is 2.22. The summed E-state index contributed by atoms with van der Waals surface area (Å²) >= 11 is 0. The van der Waals surface area contributed by atoms with E-state index >= 15 is 0 Å². The predicted octanol–water partition coefficient (Wildman–Crippen LogP) is 4.44. The van der Waals surface area contributed by atoms with Crippen LogP contribution in [0.1, 0.15) is 24.8 Å². The molecule has 164 valence electrons. The van der Waals surface area contributed by atoms with Crippen LogP contribution in [0.15, 0.2) is 61.1 Å². The van der Waals surface area contributed by atoms with Crippen molar-refractivity contribution in [3.05, 3.63) is 72.4 Å². The fourth-order valence-electron chi connectivity index (χ4n) is 4.60. The highest BCUT2D eigenvalue weighted by Crippen LogP contribution is 2.26. The molecular formula is C25H26FN5O. The standard InChI is InChI=1S/C25H26FN5O/c26-23-5-1-3-19(11-23)12-25(32)30-9-2-4-18(8-10-30)17-31-24-7-6-20(13-21(24)16-29-31)22-14-27-28-15-22/h1,3,5-7,11,13-16,18H,2,4,8-10,12,17H2,(H,27,28). The van der Waals surface area contributed by atoms with Crippen LogP contribution in [0.4, 0.5) is 4.39 Å². The Morgan fingerprint density at radius 1 is 1.09 bits per heavy atom. The van der Waals surface area contributed by atoms with Gasteiger partial charge in [-0.2, -0.15) is 10.2 Å². The van der Waals surface area contributed by atoms with E-state index in [2.05, 4.69) is 38.2 Å². The lowest BCUT2D eigenvalue weighted by atomic mass is 10.0. The number of fused-ring (bicyclic) bond motifs is 1. The van der Waals surface area contributed by atoms with Crippen LogP contribution < -0.4 is 0 Å². The molecule has 4 aromatic rings. The molecule has 0 saturated carbocycles. The number of hydrogen-bond acceptors (Lipinski definition) is 3. The molecule has 0 spiro atoms. The Kier molecular flexibility index (Phi) is 5.71. The van der Waals surface area contributed by atoms with Crippen molar-refractivity contribution < 1.29 is 9.18 Å². The van der Waals surface area contributed by atoms with Gasteiger partial charge in [0.05, 0.1) is 24.3 Å². The number of amides is 1. The Balaban J connectivity index is 1.22. The topological polar surface area (TPSA) is 66.8 Å². The van der Waals surface area contributed by atoms with Gasteiger partial charge < -0.3 is 4.90 Å². The van der Waals surface area contributed by atoms with Crippen molar-refractivity contribution in [1.82, 2.24) is 24.9 Å². The Hall–Kier alpha value is -3.48. The molecule has 1 fully saturated rings. The molecule has 7 heteroatoms. The Bertz CT molecular complexity index is 1220. The fraction of sp³-hybridized carbons (Fsp3) is 0.320. The summed E-state index contributed by atoms with van der Waals surface area (Å²) in [5, 5.41) is 12.6. The molecule has 0 aliphatic carbocycles. The maximum absolute atomic E-state index is 13.4.